The highest BCUT2D eigenvalue weighted by molar-refractivity contribution is 9.10. The summed E-state index contributed by atoms with van der Waals surface area (Å²) in [6.45, 7) is 5.63. The van der Waals surface area contributed by atoms with E-state index in [-0.39, 0.29) is 10.6 Å². The molecule has 2 aromatic rings. The van der Waals surface area contributed by atoms with Crippen molar-refractivity contribution < 1.29 is 16.8 Å². The molecule has 1 saturated heterocycles. The van der Waals surface area contributed by atoms with Gasteiger partial charge in [-0.3, -0.25) is 9.03 Å². The summed E-state index contributed by atoms with van der Waals surface area (Å²) in [5.41, 5.74) is 2.85. The van der Waals surface area contributed by atoms with Gasteiger partial charge in [0, 0.05) is 11.0 Å². The van der Waals surface area contributed by atoms with Gasteiger partial charge in [-0.2, -0.15) is 0 Å². The van der Waals surface area contributed by atoms with Gasteiger partial charge in [0.1, 0.15) is 0 Å². The first kappa shape index (κ1) is 21.1. The van der Waals surface area contributed by atoms with E-state index in [0.29, 0.717) is 35.5 Å². The summed E-state index contributed by atoms with van der Waals surface area (Å²) in [5, 5.41) is 0. The summed E-state index contributed by atoms with van der Waals surface area (Å²) >= 11 is 3.37. The molecule has 0 atom stereocenters. The molecule has 2 aromatic carbocycles. The first-order chi connectivity index (χ1) is 13.0. The minimum atomic E-state index is -3.82. The van der Waals surface area contributed by atoms with Crippen LogP contribution in [0, 0.1) is 20.8 Å². The van der Waals surface area contributed by atoms with E-state index in [1.807, 2.05) is 13.0 Å². The van der Waals surface area contributed by atoms with Gasteiger partial charge in [0.05, 0.1) is 22.0 Å². The van der Waals surface area contributed by atoms with Crippen molar-refractivity contribution in [1.29, 1.82) is 0 Å². The molecule has 0 unspecified atom stereocenters. The van der Waals surface area contributed by atoms with Crippen molar-refractivity contribution in [3.05, 3.63) is 51.5 Å². The van der Waals surface area contributed by atoms with Crippen LogP contribution in [0.4, 0.5) is 11.4 Å². The summed E-state index contributed by atoms with van der Waals surface area (Å²) in [5.74, 6) is 0.121. The van der Waals surface area contributed by atoms with Crippen LogP contribution in [0.3, 0.4) is 0 Å². The zero-order valence-electron chi connectivity index (χ0n) is 16.0. The third-order valence-electron chi connectivity index (χ3n) is 4.78. The van der Waals surface area contributed by atoms with Crippen LogP contribution in [-0.2, 0) is 20.0 Å². The Kier molecular flexibility index (Phi) is 5.80. The molecule has 3 rings (SSSR count). The normalized spacial score (nSPS) is 16.8. The fourth-order valence-corrected chi connectivity index (χ4v) is 7.20. The Balaban J connectivity index is 2.00. The maximum atomic E-state index is 13.0. The van der Waals surface area contributed by atoms with Crippen LogP contribution in [0.5, 0.6) is 0 Å². The second-order valence-corrected chi connectivity index (χ2v) is 11.6. The summed E-state index contributed by atoms with van der Waals surface area (Å²) in [4.78, 5) is 0.174. The molecule has 0 amide bonds. The lowest BCUT2D eigenvalue weighted by Crippen LogP contribution is -2.38. The molecule has 1 heterocycles. The molecule has 0 aliphatic carbocycles. The number of anilines is 2. The van der Waals surface area contributed by atoms with Crippen LogP contribution < -0.4 is 9.03 Å². The summed E-state index contributed by atoms with van der Waals surface area (Å²) in [7, 11) is -7.17. The predicted octanol–water partition coefficient (Wildman–Crippen LogP) is 4.11. The highest BCUT2D eigenvalue weighted by atomic mass is 79.9. The van der Waals surface area contributed by atoms with Gasteiger partial charge in [0.15, 0.2) is 0 Å². The van der Waals surface area contributed by atoms with E-state index in [9.17, 15) is 16.8 Å². The minimum Gasteiger partial charge on any atom is -0.279 e. The van der Waals surface area contributed by atoms with Gasteiger partial charge >= 0.3 is 0 Å². The average Bonchev–Trinajstić information content (AvgIpc) is 2.56. The van der Waals surface area contributed by atoms with Gasteiger partial charge in [-0.25, -0.2) is 16.8 Å². The fraction of sp³-hybridized carbons (Fsp3) is 0.368. The molecule has 0 radical (unpaired) electrons. The minimum absolute atomic E-state index is 0.121. The maximum Gasteiger partial charge on any atom is 0.262 e. The van der Waals surface area contributed by atoms with Crippen molar-refractivity contribution in [2.24, 2.45) is 0 Å². The molecule has 9 heteroatoms. The lowest BCUT2D eigenvalue weighted by atomic mass is 10.1. The third kappa shape index (κ3) is 4.21. The Bertz CT molecular complexity index is 1110. The van der Waals surface area contributed by atoms with E-state index in [2.05, 4.69) is 20.7 Å². The van der Waals surface area contributed by atoms with Crippen LogP contribution in [0.25, 0.3) is 0 Å². The monoisotopic (exact) mass is 486 g/mol. The molecular weight excluding hydrogens is 464 g/mol. The van der Waals surface area contributed by atoms with Gasteiger partial charge in [-0.15, -0.1) is 0 Å². The first-order valence-electron chi connectivity index (χ1n) is 8.92. The molecule has 0 saturated carbocycles. The summed E-state index contributed by atoms with van der Waals surface area (Å²) in [6.07, 6.45) is 1.45. The van der Waals surface area contributed by atoms with Gasteiger partial charge in [-0.1, -0.05) is 15.9 Å². The second kappa shape index (κ2) is 7.68. The Morgan fingerprint density at radius 3 is 2.21 bits per heavy atom. The smallest absolute Gasteiger partial charge is 0.262 e. The largest absolute Gasteiger partial charge is 0.279 e. The molecule has 1 fully saturated rings. The van der Waals surface area contributed by atoms with Crippen LogP contribution in [-0.4, -0.2) is 29.1 Å². The predicted molar refractivity (Wildman–Crippen MR) is 116 cm³/mol. The van der Waals surface area contributed by atoms with Crippen molar-refractivity contribution >= 4 is 47.4 Å². The molecule has 1 aliphatic rings. The molecule has 0 bridgehead atoms. The highest BCUT2D eigenvalue weighted by Crippen LogP contribution is 2.32. The zero-order valence-corrected chi connectivity index (χ0v) is 19.2. The van der Waals surface area contributed by atoms with Crippen molar-refractivity contribution in [3.63, 3.8) is 0 Å². The first-order valence-corrected chi connectivity index (χ1v) is 12.8. The molecule has 0 aromatic heterocycles. The van der Waals surface area contributed by atoms with Gasteiger partial charge in [0.2, 0.25) is 10.0 Å². The maximum absolute atomic E-state index is 13.0. The number of rotatable bonds is 4. The van der Waals surface area contributed by atoms with E-state index < -0.39 is 20.0 Å². The van der Waals surface area contributed by atoms with E-state index in [0.717, 1.165) is 16.5 Å². The van der Waals surface area contributed by atoms with E-state index in [1.165, 1.54) is 4.31 Å². The fourth-order valence-electron chi connectivity index (χ4n) is 3.51. The number of sulfonamides is 2. The van der Waals surface area contributed by atoms with Gasteiger partial charge in [-0.05, 0) is 80.6 Å². The number of nitrogens with one attached hydrogen (secondary N) is 1. The number of halogens is 1. The lowest BCUT2D eigenvalue weighted by Gasteiger charge is -2.29. The van der Waals surface area contributed by atoms with Crippen molar-refractivity contribution in [2.75, 3.05) is 21.3 Å². The van der Waals surface area contributed by atoms with Crippen LogP contribution in [0.1, 0.15) is 29.5 Å². The Hall–Kier alpha value is -1.58. The SMILES string of the molecule is Cc1cc(Br)ccc1NS(=O)(=O)c1c(C)cc(N2CCCCS2(=O)=O)cc1C. The lowest BCUT2D eigenvalue weighted by molar-refractivity contribution is 0.574. The number of hydrogen-bond donors (Lipinski definition) is 1. The second-order valence-electron chi connectivity index (χ2n) is 7.07. The zero-order chi connectivity index (χ0) is 20.7. The van der Waals surface area contributed by atoms with Crippen LogP contribution in [0.2, 0.25) is 0 Å². The van der Waals surface area contributed by atoms with Gasteiger partial charge in [0.25, 0.3) is 10.0 Å². The molecule has 28 heavy (non-hydrogen) atoms. The average molecular weight is 487 g/mol. The van der Waals surface area contributed by atoms with E-state index in [1.54, 1.807) is 38.1 Å². The van der Waals surface area contributed by atoms with E-state index >= 15 is 0 Å². The standard InChI is InChI=1S/C19H23BrN2O4S2/c1-13-10-16(20)6-7-18(13)21-28(25,26)19-14(2)11-17(12-15(19)3)22-8-4-5-9-27(22,23)24/h6-7,10-12,21H,4-5,8-9H2,1-3H3. The topological polar surface area (TPSA) is 83.6 Å². The molecule has 1 aliphatic heterocycles. The molecule has 1 N–H and O–H groups in total. The third-order valence-corrected chi connectivity index (χ3v) is 8.82. The summed E-state index contributed by atoms with van der Waals surface area (Å²) in [6, 6.07) is 8.59. The van der Waals surface area contributed by atoms with Crippen molar-refractivity contribution in [3.8, 4) is 0 Å². The number of hydrogen-bond acceptors (Lipinski definition) is 4. The molecule has 0 spiro atoms. The van der Waals surface area contributed by atoms with Crippen molar-refractivity contribution in [2.45, 2.75) is 38.5 Å². The van der Waals surface area contributed by atoms with E-state index in [4.69, 9.17) is 0 Å². The molecule has 6 nitrogen and oxygen atoms in total. The summed E-state index contributed by atoms with van der Waals surface area (Å²) < 4.78 is 55.8. The number of nitrogens with zero attached hydrogens (tertiary/aromatic N) is 1. The van der Waals surface area contributed by atoms with Crippen LogP contribution in [0.15, 0.2) is 39.7 Å². The Morgan fingerprint density at radius 1 is 1.00 bits per heavy atom. The van der Waals surface area contributed by atoms with Gasteiger partial charge < -0.3 is 0 Å². The number of aryl methyl sites for hydroxylation is 3. The molecular formula is C19H23BrN2O4S2. The Morgan fingerprint density at radius 2 is 1.64 bits per heavy atom. The highest BCUT2D eigenvalue weighted by Gasteiger charge is 2.28. The Labute approximate surface area is 175 Å². The quantitative estimate of drug-likeness (QED) is 0.704. The van der Waals surface area contributed by atoms with Crippen molar-refractivity contribution in [1.82, 2.24) is 0 Å². The molecule has 152 valence electrons. The van der Waals surface area contributed by atoms with Crippen LogP contribution >= 0.6 is 15.9 Å². The number of benzene rings is 2.